The summed E-state index contributed by atoms with van der Waals surface area (Å²) in [7, 11) is -3.97. The number of fused-ring (bicyclic) bond motifs is 1. The number of rotatable bonds is 4. The van der Waals surface area contributed by atoms with Crippen LogP contribution in [-0.2, 0) is 21.2 Å². The summed E-state index contributed by atoms with van der Waals surface area (Å²) in [5.41, 5.74) is 2.12. The number of amides is 1. The van der Waals surface area contributed by atoms with E-state index in [2.05, 4.69) is 4.72 Å². The van der Waals surface area contributed by atoms with Gasteiger partial charge in [-0.3, -0.25) is 19.6 Å². The molecule has 26 heavy (non-hydrogen) atoms. The molecule has 0 saturated heterocycles. The Bertz CT molecular complexity index is 1020. The van der Waals surface area contributed by atoms with Gasteiger partial charge in [-0.25, -0.2) is 8.42 Å². The van der Waals surface area contributed by atoms with Crippen LogP contribution in [0.5, 0.6) is 0 Å². The number of nitrogens with one attached hydrogen (secondary N) is 1. The molecule has 2 aromatic rings. The van der Waals surface area contributed by atoms with Gasteiger partial charge in [-0.15, -0.1) is 0 Å². The minimum atomic E-state index is -3.97. The van der Waals surface area contributed by atoms with Crippen LogP contribution in [0.2, 0.25) is 0 Å². The first kappa shape index (κ1) is 17.9. The molecule has 0 aliphatic carbocycles. The molecule has 0 atom stereocenters. The van der Waals surface area contributed by atoms with Crippen LogP contribution in [-0.4, -0.2) is 25.8 Å². The summed E-state index contributed by atoms with van der Waals surface area (Å²) in [6.07, 6.45) is 0.639. The Morgan fingerprint density at radius 3 is 2.62 bits per heavy atom. The molecule has 0 aromatic heterocycles. The second-order valence-electron chi connectivity index (χ2n) is 6.08. The van der Waals surface area contributed by atoms with Gasteiger partial charge in [-0.2, -0.15) is 0 Å². The maximum atomic E-state index is 12.6. The average molecular weight is 375 g/mol. The van der Waals surface area contributed by atoms with Crippen molar-refractivity contribution in [3.63, 3.8) is 0 Å². The fourth-order valence-electron chi connectivity index (χ4n) is 2.96. The van der Waals surface area contributed by atoms with Gasteiger partial charge in [0.25, 0.3) is 15.7 Å². The quantitative estimate of drug-likeness (QED) is 0.652. The van der Waals surface area contributed by atoms with E-state index < -0.39 is 14.9 Å². The molecule has 1 aliphatic heterocycles. The molecule has 0 radical (unpaired) electrons. The highest BCUT2D eigenvalue weighted by molar-refractivity contribution is 7.92. The van der Waals surface area contributed by atoms with Crippen molar-refractivity contribution in [3.8, 4) is 0 Å². The Morgan fingerprint density at radius 2 is 1.96 bits per heavy atom. The summed E-state index contributed by atoms with van der Waals surface area (Å²) in [5.74, 6) is -0.0657. The molecule has 2 aromatic carbocycles. The largest absolute Gasteiger partial charge is 0.312 e. The van der Waals surface area contributed by atoms with Gasteiger partial charge in [-0.05, 0) is 43.2 Å². The Balaban J connectivity index is 1.91. The number of nitrogens with zero attached hydrogens (tertiary/aromatic N) is 2. The predicted molar refractivity (Wildman–Crippen MR) is 96.8 cm³/mol. The summed E-state index contributed by atoms with van der Waals surface area (Å²) in [6.45, 7) is 3.59. The summed E-state index contributed by atoms with van der Waals surface area (Å²) in [6, 6.07) is 8.72. The van der Waals surface area contributed by atoms with Crippen LogP contribution in [0.25, 0.3) is 0 Å². The van der Waals surface area contributed by atoms with E-state index in [-0.39, 0.29) is 16.5 Å². The van der Waals surface area contributed by atoms with E-state index in [1.165, 1.54) is 19.1 Å². The van der Waals surface area contributed by atoms with E-state index in [9.17, 15) is 23.3 Å². The van der Waals surface area contributed by atoms with E-state index in [4.69, 9.17) is 0 Å². The van der Waals surface area contributed by atoms with E-state index in [0.717, 1.165) is 17.3 Å². The summed E-state index contributed by atoms with van der Waals surface area (Å²) in [4.78, 5) is 23.5. The van der Waals surface area contributed by atoms with Gasteiger partial charge in [0, 0.05) is 36.5 Å². The van der Waals surface area contributed by atoms with Crippen LogP contribution >= 0.6 is 0 Å². The fraction of sp³-hybridized carbons (Fsp3) is 0.235. The van der Waals surface area contributed by atoms with Gasteiger partial charge in [0.15, 0.2) is 0 Å². The molecule has 1 aliphatic rings. The first-order valence-corrected chi connectivity index (χ1v) is 9.36. The first-order valence-electron chi connectivity index (χ1n) is 7.88. The normalized spacial score (nSPS) is 13.4. The van der Waals surface area contributed by atoms with Crippen LogP contribution in [0.1, 0.15) is 18.1 Å². The monoisotopic (exact) mass is 375 g/mol. The number of nitro groups is 1. The number of carbonyl (C=O) groups is 1. The molecular formula is C17H17N3O5S. The number of nitro benzene ring substituents is 1. The van der Waals surface area contributed by atoms with Crippen molar-refractivity contribution >= 4 is 33.0 Å². The predicted octanol–water partition coefficient (Wildman–Crippen LogP) is 2.61. The Labute approximate surface area is 150 Å². The second kappa shape index (κ2) is 6.41. The molecule has 0 bridgehead atoms. The number of hydrogen-bond donors (Lipinski definition) is 1. The Kier molecular flexibility index (Phi) is 4.41. The Morgan fingerprint density at radius 1 is 1.23 bits per heavy atom. The lowest BCUT2D eigenvalue weighted by molar-refractivity contribution is -0.385. The highest BCUT2D eigenvalue weighted by Gasteiger charge is 2.24. The van der Waals surface area contributed by atoms with Gasteiger partial charge in [0.1, 0.15) is 0 Å². The summed E-state index contributed by atoms with van der Waals surface area (Å²) < 4.78 is 27.6. The molecule has 0 spiro atoms. The van der Waals surface area contributed by atoms with Gasteiger partial charge in [-0.1, -0.05) is 6.07 Å². The van der Waals surface area contributed by atoms with E-state index in [1.807, 2.05) is 0 Å². The molecule has 136 valence electrons. The minimum absolute atomic E-state index is 0.0657. The molecule has 3 rings (SSSR count). The third kappa shape index (κ3) is 3.25. The number of hydrogen-bond acceptors (Lipinski definition) is 5. The molecule has 0 fully saturated rings. The van der Waals surface area contributed by atoms with Crippen molar-refractivity contribution in [1.29, 1.82) is 0 Å². The zero-order valence-corrected chi connectivity index (χ0v) is 15.0. The van der Waals surface area contributed by atoms with Crippen LogP contribution in [0.3, 0.4) is 0 Å². The van der Waals surface area contributed by atoms with Crippen molar-refractivity contribution in [3.05, 3.63) is 57.6 Å². The molecule has 1 amide bonds. The van der Waals surface area contributed by atoms with E-state index >= 15 is 0 Å². The SMILES string of the molecule is CC(=O)N1CCc2cc(NS(=O)(=O)c3ccc(C)c([N+](=O)[O-])c3)ccc21. The van der Waals surface area contributed by atoms with Crippen molar-refractivity contribution < 1.29 is 18.1 Å². The number of anilines is 2. The molecule has 1 N–H and O–H groups in total. The van der Waals surface area contributed by atoms with Crippen molar-refractivity contribution in [2.45, 2.75) is 25.2 Å². The third-order valence-electron chi connectivity index (χ3n) is 4.29. The summed E-state index contributed by atoms with van der Waals surface area (Å²) >= 11 is 0. The molecular weight excluding hydrogens is 358 g/mol. The lowest BCUT2D eigenvalue weighted by Gasteiger charge is -2.15. The van der Waals surface area contributed by atoms with Crippen LogP contribution in [0.4, 0.5) is 17.1 Å². The number of sulfonamides is 1. The number of aryl methyl sites for hydroxylation is 1. The average Bonchev–Trinajstić information content (AvgIpc) is 2.97. The zero-order valence-electron chi connectivity index (χ0n) is 14.2. The highest BCUT2D eigenvalue weighted by Crippen LogP contribution is 2.31. The maximum Gasteiger partial charge on any atom is 0.273 e. The van der Waals surface area contributed by atoms with Gasteiger partial charge >= 0.3 is 0 Å². The standard InChI is InChI=1S/C17H17N3O5S/c1-11-3-5-15(10-17(11)20(22)23)26(24,25)18-14-4-6-16-13(9-14)7-8-19(16)12(2)21/h3-6,9-10,18H,7-8H2,1-2H3. The maximum absolute atomic E-state index is 12.6. The van der Waals surface area contributed by atoms with Crippen molar-refractivity contribution in [2.75, 3.05) is 16.2 Å². The second-order valence-corrected chi connectivity index (χ2v) is 7.76. The van der Waals surface area contributed by atoms with E-state index in [0.29, 0.717) is 24.2 Å². The molecule has 1 heterocycles. The lowest BCUT2D eigenvalue weighted by atomic mass is 10.1. The molecule has 0 saturated carbocycles. The first-order chi connectivity index (χ1) is 12.2. The van der Waals surface area contributed by atoms with Gasteiger partial charge < -0.3 is 4.90 Å². The zero-order chi connectivity index (χ0) is 19.1. The molecule has 8 nitrogen and oxygen atoms in total. The lowest BCUT2D eigenvalue weighted by Crippen LogP contribution is -2.25. The van der Waals surface area contributed by atoms with Crippen LogP contribution in [0.15, 0.2) is 41.3 Å². The van der Waals surface area contributed by atoms with Crippen molar-refractivity contribution in [1.82, 2.24) is 0 Å². The van der Waals surface area contributed by atoms with Crippen LogP contribution < -0.4 is 9.62 Å². The van der Waals surface area contributed by atoms with Crippen LogP contribution in [0, 0.1) is 17.0 Å². The molecule has 0 unspecified atom stereocenters. The number of carbonyl (C=O) groups excluding carboxylic acids is 1. The van der Waals surface area contributed by atoms with E-state index in [1.54, 1.807) is 30.0 Å². The molecule has 9 heteroatoms. The smallest absolute Gasteiger partial charge is 0.273 e. The third-order valence-corrected chi connectivity index (χ3v) is 5.67. The summed E-state index contributed by atoms with van der Waals surface area (Å²) in [5, 5.41) is 11.0. The highest BCUT2D eigenvalue weighted by atomic mass is 32.2. The van der Waals surface area contributed by atoms with Crippen molar-refractivity contribution in [2.24, 2.45) is 0 Å². The number of benzene rings is 2. The topological polar surface area (TPSA) is 110 Å². The Hall–Kier alpha value is -2.94. The fourth-order valence-corrected chi connectivity index (χ4v) is 4.03. The van der Waals surface area contributed by atoms with Gasteiger partial charge in [0.05, 0.1) is 9.82 Å². The van der Waals surface area contributed by atoms with Gasteiger partial charge in [0.2, 0.25) is 5.91 Å². The minimum Gasteiger partial charge on any atom is -0.312 e.